The summed E-state index contributed by atoms with van der Waals surface area (Å²) in [5.74, 6) is 2.20. The van der Waals surface area contributed by atoms with E-state index in [2.05, 4.69) is 12.2 Å². The van der Waals surface area contributed by atoms with Crippen LogP contribution >= 0.6 is 0 Å². The van der Waals surface area contributed by atoms with Crippen molar-refractivity contribution in [3.63, 3.8) is 0 Å². The molecule has 1 aliphatic heterocycles. The highest BCUT2D eigenvalue weighted by molar-refractivity contribution is 5.21. The molecular weight excluding hydrogens is 228 g/mol. The van der Waals surface area contributed by atoms with Gasteiger partial charge in [0.25, 0.3) is 0 Å². The Morgan fingerprint density at radius 1 is 1.22 bits per heavy atom. The maximum absolute atomic E-state index is 9.46. The molecule has 0 bridgehead atoms. The summed E-state index contributed by atoms with van der Waals surface area (Å²) in [5, 5.41) is 9.46. The van der Waals surface area contributed by atoms with E-state index in [1.54, 1.807) is 0 Å². The minimum Gasteiger partial charge on any atom is -0.493 e. The van der Waals surface area contributed by atoms with Gasteiger partial charge in [-0.15, -0.1) is 0 Å². The van der Waals surface area contributed by atoms with Crippen molar-refractivity contribution in [2.75, 3.05) is 13.2 Å². The first-order valence-electron chi connectivity index (χ1n) is 6.49. The minimum atomic E-state index is -0.593. The fourth-order valence-electron chi connectivity index (χ4n) is 2.80. The van der Waals surface area contributed by atoms with Crippen molar-refractivity contribution in [3.05, 3.63) is 42.5 Å². The quantitative estimate of drug-likeness (QED) is 0.831. The van der Waals surface area contributed by atoms with Crippen LogP contribution in [-0.4, -0.2) is 24.6 Å². The van der Waals surface area contributed by atoms with E-state index in [9.17, 15) is 5.11 Å². The number of hydrogen-bond donors (Lipinski definition) is 1. The first-order chi connectivity index (χ1) is 8.83. The lowest BCUT2D eigenvalue weighted by Crippen LogP contribution is -2.35. The molecule has 3 nitrogen and oxygen atoms in total. The van der Waals surface area contributed by atoms with Gasteiger partial charge in [0.05, 0.1) is 13.2 Å². The summed E-state index contributed by atoms with van der Waals surface area (Å²) in [6.45, 7) is 1.31. The summed E-state index contributed by atoms with van der Waals surface area (Å²) in [6.07, 6.45) is 4.53. The molecule has 4 atom stereocenters. The van der Waals surface area contributed by atoms with Gasteiger partial charge in [-0.3, -0.25) is 0 Å². The lowest BCUT2D eigenvalue weighted by atomic mass is 9.85. The fraction of sp³-hybridized carbons (Fsp3) is 0.467. The Hall–Kier alpha value is -1.32. The number of hydrogen-bond acceptors (Lipinski definition) is 3. The van der Waals surface area contributed by atoms with Crippen LogP contribution in [0.15, 0.2) is 42.5 Å². The van der Waals surface area contributed by atoms with Crippen LogP contribution < -0.4 is 4.74 Å². The average Bonchev–Trinajstić information content (AvgIpc) is 2.80. The Balaban J connectivity index is 1.57. The van der Waals surface area contributed by atoms with Crippen LogP contribution in [0.1, 0.15) is 6.42 Å². The monoisotopic (exact) mass is 246 g/mol. The molecule has 0 aromatic heterocycles. The van der Waals surface area contributed by atoms with Crippen LogP contribution in [0.25, 0.3) is 0 Å². The third kappa shape index (κ3) is 2.42. The van der Waals surface area contributed by atoms with Gasteiger partial charge in [0, 0.05) is 12.3 Å². The topological polar surface area (TPSA) is 38.7 Å². The van der Waals surface area contributed by atoms with E-state index in [4.69, 9.17) is 9.47 Å². The molecular formula is C15H18O3. The number of benzene rings is 1. The molecule has 1 aromatic rings. The number of para-hydroxylation sites is 1. The Bertz CT molecular complexity index is 415. The normalized spacial score (nSPS) is 34.3. The summed E-state index contributed by atoms with van der Waals surface area (Å²) in [7, 11) is 0. The molecule has 3 heteroatoms. The Kier molecular flexibility index (Phi) is 3.35. The van der Waals surface area contributed by atoms with E-state index in [1.807, 2.05) is 30.3 Å². The summed E-state index contributed by atoms with van der Waals surface area (Å²) in [4.78, 5) is 0. The van der Waals surface area contributed by atoms with Crippen molar-refractivity contribution >= 4 is 0 Å². The lowest BCUT2D eigenvalue weighted by Gasteiger charge is -2.32. The zero-order valence-electron chi connectivity index (χ0n) is 10.2. The molecule has 4 unspecified atom stereocenters. The molecule has 1 heterocycles. The van der Waals surface area contributed by atoms with Gasteiger partial charge in [0.1, 0.15) is 5.75 Å². The Labute approximate surface area is 107 Å². The number of rotatable bonds is 3. The molecule has 3 rings (SSSR count). The van der Waals surface area contributed by atoms with Crippen molar-refractivity contribution < 1.29 is 14.6 Å². The summed E-state index contributed by atoms with van der Waals surface area (Å²) >= 11 is 0. The van der Waals surface area contributed by atoms with Crippen molar-refractivity contribution in [2.24, 2.45) is 17.8 Å². The van der Waals surface area contributed by atoms with Crippen molar-refractivity contribution in [3.8, 4) is 5.75 Å². The van der Waals surface area contributed by atoms with E-state index < -0.39 is 6.29 Å². The lowest BCUT2D eigenvalue weighted by molar-refractivity contribution is -0.156. The molecule has 0 radical (unpaired) electrons. The van der Waals surface area contributed by atoms with Crippen LogP contribution in [-0.2, 0) is 4.74 Å². The molecule has 1 aliphatic carbocycles. The van der Waals surface area contributed by atoms with Gasteiger partial charge in [-0.1, -0.05) is 30.4 Å². The van der Waals surface area contributed by atoms with Crippen molar-refractivity contribution in [1.82, 2.24) is 0 Å². The molecule has 96 valence electrons. The highest BCUT2D eigenvalue weighted by Crippen LogP contribution is 2.37. The van der Waals surface area contributed by atoms with E-state index in [0.29, 0.717) is 37.4 Å². The van der Waals surface area contributed by atoms with Crippen LogP contribution in [0.2, 0.25) is 0 Å². The largest absolute Gasteiger partial charge is 0.493 e. The molecule has 0 saturated carbocycles. The molecule has 1 saturated heterocycles. The molecule has 1 N–H and O–H groups in total. The second kappa shape index (κ2) is 5.12. The molecule has 2 aliphatic rings. The highest BCUT2D eigenvalue weighted by Gasteiger charge is 2.37. The summed E-state index contributed by atoms with van der Waals surface area (Å²) in [6, 6.07) is 9.87. The number of ether oxygens (including phenoxy) is 2. The van der Waals surface area contributed by atoms with Gasteiger partial charge in [0.15, 0.2) is 6.29 Å². The first-order valence-corrected chi connectivity index (χ1v) is 6.49. The third-order valence-corrected chi connectivity index (χ3v) is 3.85. The van der Waals surface area contributed by atoms with E-state index in [1.165, 1.54) is 0 Å². The maximum atomic E-state index is 9.46. The van der Waals surface area contributed by atoms with Gasteiger partial charge in [0.2, 0.25) is 0 Å². The van der Waals surface area contributed by atoms with Gasteiger partial charge in [-0.2, -0.15) is 0 Å². The predicted octanol–water partition coefficient (Wildman–Crippen LogP) is 2.22. The minimum absolute atomic E-state index is 0.391. The summed E-state index contributed by atoms with van der Waals surface area (Å²) in [5.41, 5.74) is 0. The molecule has 0 amide bonds. The second-order valence-corrected chi connectivity index (χ2v) is 5.02. The third-order valence-electron chi connectivity index (χ3n) is 3.85. The number of aliphatic hydroxyl groups is 1. The zero-order valence-corrected chi connectivity index (χ0v) is 10.2. The predicted molar refractivity (Wildman–Crippen MR) is 68.1 cm³/mol. The smallest absolute Gasteiger partial charge is 0.155 e. The number of fused-ring (bicyclic) bond motifs is 1. The van der Waals surface area contributed by atoms with Crippen LogP contribution in [0.4, 0.5) is 0 Å². The molecule has 1 fully saturated rings. The van der Waals surface area contributed by atoms with Crippen molar-refractivity contribution in [2.45, 2.75) is 12.7 Å². The van der Waals surface area contributed by atoms with Crippen LogP contribution in [0.3, 0.4) is 0 Å². The SMILES string of the molecule is OC1CC2C=CC(COc3ccccc3)C2CO1. The number of aliphatic hydroxyl groups excluding tert-OH is 1. The van der Waals surface area contributed by atoms with Gasteiger partial charge in [-0.05, 0) is 24.0 Å². The fourth-order valence-corrected chi connectivity index (χ4v) is 2.80. The van der Waals surface area contributed by atoms with Crippen LogP contribution in [0.5, 0.6) is 5.75 Å². The summed E-state index contributed by atoms with van der Waals surface area (Å²) < 4.78 is 11.1. The standard InChI is InChI=1S/C15H18O3/c16-15-8-11-6-7-12(14(11)10-18-15)9-17-13-4-2-1-3-5-13/h1-7,11-12,14-16H,8-10H2. The maximum Gasteiger partial charge on any atom is 0.155 e. The Morgan fingerprint density at radius 2 is 2.06 bits per heavy atom. The van der Waals surface area contributed by atoms with Gasteiger partial charge < -0.3 is 14.6 Å². The second-order valence-electron chi connectivity index (χ2n) is 5.02. The van der Waals surface area contributed by atoms with Crippen LogP contribution in [0, 0.1) is 17.8 Å². The number of allylic oxidation sites excluding steroid dienone is 1. The van der Waals surface area contributed by atoms with E-state index >= 15 is 0 Å². The van der Waals surface area contributed by atoms with Gasteiger partial charge >= 0.3 is 0 Å². The van der Waals surface area contributed by atoms with Gasteiger partial charge in [-0.25, -0.2) is 0 Å². The molecule has 1 aromatic carbocycles. The van der Waals surface area contributed by atoms with Crippen molar-refractivity contribution in [1.29, 1.82) is 0 Å². The van der Waals surface area contributed by atoms with E-state index in [-0.39, 0.29) is 0 Å². The highest BCUT2D eigenvalue weighted by atomic mass is 16.6. The average molecular weight is 246 g/mol. The van der Waals surface area contributed by atoms with E-state index in [0.717, 1.165) is 5.75 Å². The molecule has 18 heavy (non-hydrogen) atoms. The Morgan fingerprint density at radius 3 is 2.89 bits per heavy atom. The zero-order chi connectivity index (χ0) is 12.4. The molecule has 0 spiro atoms. The first kappa shape index (κ1) is 11.8.